The first kappa shape index (κ1) is 32.3. The fourth-order valence-electron chi connectivity index (χ4n) is 5.83. The number of hydrogen-bond acceptors (Lipinski definition) is 4. The molecule has 0 fully saturated rings. The molecule has 0 radical (unpaired) electrons. The van der Waals surface area contributed by atoms with Gasteiger partial charge in [-0.2, -0.15) is 60.9 Å². The molecule has 0 N–H and O–H groups in total. The van der Waals surface area contributed by atoms with Gasteiger partial charge in [-0.25, -0.2) is 17.6 Å². The molecule has 0 saturated carbocycles. The van der Waals surface area contributed by atoms with E-state index in [1.807, 2.05) is 0 Å². The van der Waals surface area contributed by atoms with Crippen molar-refractivity contribution < 1.29 is 48.3 Å². The third-order valence-corrected chi connectivity index (χ3v) is 7.58. The summed E-state index contributed by atoms with van der Waals surface area (Å²) in [6, 6.07) is 2.39. The van der Waals surface area contributed by atoms with Crippen molar-refractivity contribution in [2.45, 2.75) is 25.9 Å². The number of hydrogen-bond donors (Lipinski definition) is 0. The predicted molar refractivity (Wildman–Crippen MR) is 136 cm³/mol. The lowest BCUT2D eigenvalue weighted by molar-refractivity contribution is -0.0695. The van der Waals surface area contributed by atoms with Crippen molar-refractivity contribution in [3.63, 3.8) is 0 Å². The zero-order chi connectivity index (χ0) is 34.9. The van der Waals surface area contributed by atoms with Gasteiger partial charge in [0.2, 0.25) is 0 Å². The van der Waals surface area contributed by atoms with Crippen molar-refractivity contribution >= 4 is 11.1 Å². The third-order valence-electron chi connectivity index (χ3n) is 7.58. The number of pyridine rings is 2. The number of nitrogens with zero attached hydrogens (tertiary/aromatic N) is 6. The van der Waals surface area contributed by atoms with E-state index >= 15 is 17.6 Å². The quantitative estimate of drug-likeness (QED) is 0.140. The van der Waals surface area contributed by atoms with Crippen LogP contribution in [0.4, 0.5) is 48.3 Å². The highest BCUT2D eigenvalue weighted by Gasteiger charge is 2.46. The van der Waals surface area contributed by atoms with Crippen molar-refractivity contribution in [3.05, 3.63) is 114 Å². The minimum atomic E-state index is -5.68. The molecule has 47 heavy (non-hydrogen) atoms. The molecular weight excluding hydrogens is 653 g/mol. The second-order valence-electron chi connectivity index (χ2n) is 9.80. The number of rotatable bonds is 2. The number of benzene rings is 1. The molecule has 6 nitrogen and oxygen atoms in total. The highest BCUT2D eigenvalue weighted by molar-refractivity contribution is 5.93. The van der Waals surface area contributed by atoms with Gasteiger partial charge in [0.1, 0.15) is 30.9 Å². The molecule has 3 aromatic rings. The largest absolute Gasteiger partial charge is 0.523 e. The van der Waals surface area contributed by atoms with Crippen LogP contribution in [0.15, 0.2) is 22.5 Å². The smallest absolute Gasteiger partial charge is 0.201 e. The minimum Gasteiger partial charge on any atom is -0.201 e. The van der Waals surface area contributed by atoms with Crippen LogP contribution in [0.2, 0.25) is 0 Å². The summed E-state index contributed by atoms with van der Waals surface area (Å²) < 4.78 is 164. The van der Waals surface area contributed by atoms with Crippen LogP contribution in [-0.4, -0.2) is 16.1 Å². The first-order chi connectivity index (χ1) is 22.0. The first-order valence-electron chi connectivity index (χ1n) is 12.5. The summed E-state index contributed by atoms with van der Waals surface area (Å²) in [4.78, 5) is 10.8. The van der Waals surface area contributed by atoms with E-state index in [0.717, 1.165) is 6.92 Å². The fraction of sp³-hybridized carbons (Fsp3) is 0.133. The van der Waals surface area contributed by atoms with Crippen LogP contribution >= 0.6 is 0 Å². The number of halogens is 11. The number of nitriles is 2. The summed E-state index contributed by atoms with van der Waals surface area (Å²) in [7, 11) is 0. The van der Waals surface area contributed by atoms with Gasteiger partial charge in [-0.15, -0.1) is 0 Å². The summed E-state index contributed by atoms with van der Waals surface area (Å²) in [5.74, 6) is -19.2. The summed E-state index contributed by atoms with van der Waals surface area (Å²) in [5, 5.41) is 16.8. The maximum absolute atomic E-state index is 15.4. The van der Waals surface area contributed by atoms with Crippen LogP contribution in [-0.2, 0) is 12.8 Å². The zero-order valence-corrected chi connectivity index (χ0v) is 22.8. The SMILES string of the molecule is [C-]#[N+]C([N+]#[C-])=C1Cc2c(-c3c(F)c(F)nc(F)c3F)c3c(c(-c4c(F)c(F)nc(F)c4F)c2=C1C)CC(=C(C#N)C#N)C=3C(F)(F)F. The average molecular weight is 660 g/mol. The molecule has 2 aromatic heterocycles. The standard InChI is InChI=1S/C30H7F11N6/c1-8-10(29(44-2)45-3)4-12-14(8)15(18-21(31)25(35)46-26(36)22(18)32)13-5-11(9(6-42)7-43)20(30(39,40)41)17(13)16(12)19-23(33)27(37)47-28(38)24(19)34/h4-5H2,1H3. The van der Waals surface area contributed by atoms with E-state index in [2.05, 4.69) is 19.7 Å². The van der Waals surface area contributed by atoms with Crippen LogP contribution in [0.5, 0.6) is 0 Å². The lowest BCUT2D eigenvalue weighted by atomic mass is 9.86. The normalized spacial score (nSPS) is 13.5. The molecule has 0 spiro atoms. The molecule has 17 heteroatoms. The topological polar surface area (TPSA) is 82.1 Å². The van der Waals surface area contributed by atoms with Gasteiger partial charge >= 0.3 is 12.0 Å². The Hall–Kier alpha value is -6.07. The van der Waals surface area contributed by atoms with Gasteiger partial charge < -0.3 is 0 Å². The van der Waals surface area contributed by atoms with Gasteiger partial charge in [-0.05, 0) is 51.6 Å². The second kappa shape index (κ2) is 11.1. The summed E-state index contributed by atoms with van der Waals surface area (Å²) in [6.07, 6.45) is -7.92. The van der Waals surface area contributed by atoms with Crippen molar-refractivity contribution in [1.29, 1.82) is 10.5 Å². The molecule has 5 rings (SSSR count). The first-order valence-corrected chi connectivity index (χ1v) is 12.5. The molecular formula is C30H7F11N6. The Balaban J connectivity index is 2.30. The highest BCUT2D eigenvalue weighted by Crippen LogP contribution is 2.45. The van der Waals surface area contributed by atoms with E-state index in [1.54, 1.807) is 0 Å². The van der Waals surface area contributed by atoms with Gasteiger partial charge in [0, 0.05) is 12.0 Å². The minimum absolute atomic E-state index is 0.361. The molecule has 0 unspecified atom stereocenters. The van der Waals surface area contributed by atoms with Crippen molar-refractivity contribution in [2.24, 2.45) is 0 Å². The predicted octanol–water partition coefficient (Wildman–Crippen LogP) is 6.31. The van der Waals surface area contributed by atoms with Crippen LogP contribution < -0.4 is 10.4 Å². The molecule has 0 saturated heterocycles. The van der Waals surface area contributed by atoms with Gasteiger partial charge in [-0.1, -0.05) is 0 Å². The maximum Gasteiger partial charge on any atom is 0.523 e. The fourth-order valence-corrected chi connectivity index (χ4v) is 5.83. The molecule has 2 aliphatic carbocycles. The van der Waals surface area contributed by atoms with E-state index in [4.69, 9.17) is 13.1 Å². The van der Waals surface area contributed by atoms with E-state index in [9.17, 15) is 41.3 Å². The van der Waals surface area contributed by atoms with Crippen molar-refractivity contribution in [3.8, 4) is 34.4 Å². The Bertz CT molecular complexity index is 2290. The van der Waals surface area contributed by atoms with Crippen LogP contribution in [0.25, 0.3) is 43.1 Å². The Morgan fingerprint density at radius 3 is 1.43 bits per heavy atom. The Morgan fingerprint density at radius 2 is 1.04 bits per heavy atom. The van der Waals surface area contributed by atoms with Crippen molar-refractivity contribution in [2.75, 3.05) is 0 Å². The lowest BCUT2D eigenvalue weighted by Crippen LogP contribution is -2.29. The Morgan fingerprint density at radius 1 is 0.660 bits per heavy atom. The summed E-state index contributed by atoms with van der Waals surface area (Å²) >= 11 is 0. The molecule has 0 atom stereocenters. The number of alkyl halides is 3. The Kier molecular flexibility index (Phi) is 7.62. The van der Waals surface area contributed by atoms with Crippen LogP contribution in [0, 0.1) is 82.9 Å². The van der Waals surface area contributed by atoms with Gasteiger partial charge in [0.25, 0.3) is 23.8 Å². The van der Waals surface area contributed by atoms with E-state index < -0.39 is 132 Å². The van der Waals surface area contributed by atoms with E-state index in [-0.39, 0.29) is 11.1 Å². The maximum atomic E-state index is 15.4. The molecule has 0 bridgehead atoms. The van der Waals surface area contributed by atoms with E-state index in [1.165, 1.54) is 12.1 Å². The highest BCUT2D eigenvalue weighted by atomic mass is 19.4. The average Bonchev–Trinajstić information content (AvgIpc) is 3.56. The molecule has 1 aromatic carbocycles. The third kappa shape index (κ3) is 4.59. The lowest BCUT2D eigenvalue weighted by Gasteiger charge is -2.19. The number of allylic oxidation sites excluding steroid dienone is 3. The van der Waals surface area contributed by atoms with Gasteiger partial charge in [0.15, 0.2) is 23.3 Å². The molecule has 2 heterocycles. The summed E-state index contributed by atoms with van der Waals surface area (Å²) in [5.41, 5.74) is -13.0. The second-order valence-corrected chi connectivity index (χ2v) is 9.80. The van der Waals surface area contributed by atoms with Gasteiger partial charge in [-0.3, -0.25) is 0 Å². The zero-order valence-electron chi connectivity index (χ0n) is 22.8. The number of fused-ring (bicyclic) bond motifs is 2. The van der Waals surface area contributed by atoms with Crippen LogP contribution in [0.3, 0.4) is 0 Å². The van der Waals surface area contributed by atoms with Gasteiger partial charge in [0.05, 0.1) is 22.3 Å². The molecule has 0 aliphatic heterocycles. The monoisotopic (exact) mass is 660 g/mol. The Labute approximate surface area is 254 Å². The van der Waals surface area contributed by atoms with Crippen LogP contribution in [0.1, 0.15) is 18.1 Å². The van der Waals surface area contributed by atoms with E-state index in [0.29, 0.717) is 0 Å². The van der Waals surface area contributed by atoms with Crippen molar-refractivity contribution in [1.82, 2.24) is 9.97 Å². The number of aromatic nitrogens is 2. The summed E-state index contributed by atoms with van der Waals surface area (Å²) in [6.45, 7) is 15.7. The molecule has 234 valence electrons. The molecule has 0 amide bonds. The molecule has 2 aliphatic rings.